The van der Waals surface area contributed by atoms with E-state index in [1.807, 2.05) is 13.8 Å². The third-order valence-electron chi connectivity index (χ3n) is 21.3. The van der Waals surface area contributed by atoms with Crippen LogP contribution in [0.3, 0.4) is 0 Å². The van der Waals surface area contributed by atoms with Crippen molar-refractivity contribution >= 4 is 46.4 Å². The summed E-state index contributed by atoms with van der Waals surface area (Å²) >= 11 is 0. The Labute approximate surface area is 630 Å². The van der Waals surface area contributed by atoms with Crippen LogP contribution >= 0.6 is 0 Å². The molecule has 0 bridgehead atoms. The topological polar surface area (TPSA) is 416 Å². The number of unbranched alkanes of at least 4 members (excludes halogenated alkanes) is 20. The van der Waals surface area contributed by atoms with Gasteiger partial charge in [-0.2, -0.15) is 0 Å². The lowest BCUT2D eigenvalue weighted by Gasteiger charge is -2.39. The van der Waals surface area contributed by atoms with E-state index in [9.17, 15) is 85.6 Å². The number of hydrogen-bond acceptors (Lipinski definition) is 21. The summed E-state index contributed by atoms with van der Waals surface area (Å²) in [4.78, 5) is 49.6. The van der Waals surface area contributed by atoms with E-state index in [0.29, 0.717) is 90.7 Å². The maximum atomic E-state index is 12.4. The fourth-order valence-corrected chi connectivity index (χ4v) is 14.6. The van der Waals surface area contributed by atoms with Gasteiger partial charge in [0.1, 0.15) is 90.1 Å². The quantitative estimate of drug-likeness (QED) is 0.0184. The Morgan fingerprint density at radius 3 is 0.785 bits per heavy atom. The number of rotatable bonds is 42. The van der Waals surface area contributed by atoms with E-state index < -0.39 is 103 Å². The van der Waals surface area contributed by atoms with Crippen molar-refractivity contribution in [2.24, 2.45) is 23.7 Å². The van der Waals surface area contributed by atoms with Crippen molar-refractivity contribution in [2.45, 2.75) is 304 Å². The third-order valence-corrected chi connectivity index (χ3v) is 21.3. The number of hydrogen-bond donors (Lipinski definition) is 17. The number of benzene rings is 4. The van der Waals surface area contributed by atoms with Crippen LogP contribution in [0.2, 0.25) is 0 Å². The highest BCUT2D eigenvalue weighted by Crippen LogP contribution is 2.35. The molecule has 0 aromatic heterocycles. The van der Waals surface area contributed by atoms with Gasteiger partial charge in [0.2, 0.25) is 23.6 Å². The molecule has 25 nitrogen and oxygen atoms in total. The van der Waals surface area contributed by atoms with Crippen molar-refractivity contribution < 1.29 is 105 Å². The van der Waals surface area contributed by atoms with E-state index in [2.05, 4.69) is 21.3 Å². The molecule has 0 radical (unpaired) electrons. The van der Waals surface area contributed by atoms with Gasteiger partial charge in [0, 0.05) is 73.5 Å². The number of anilines is 4. The molecule has 4 aliphatic rings. The highest BCUT2D eigenvalue weighted by atomic mass is 16.5. The number of ether oxygens (including phenoxy) is 4. The number of aliphatic hydroxyl groups is 13. The molecule has 0 heterocycles. The van der Waals surface area contributed by atoms with E-state index in [1.165, 1.54) is 44.9 Å². The van der Waals surface area contributed by atoms with Crippen LogP contribution in [0.4, 0.5) is 22.7 Å². The fourth-order valence-electron chi connectivity index (χ4n) is 14.6. The predicted molar refractivity (Wildman–Crippen MR) is 407 cm³/mol. The highest BCUT2D eigenvalue weighted by molar-refractivity contribution is 5.92. The molecule has 107 heavy (non-hydrogen) atoms. The van der Waals surface area contributed by atoms with Crippen LogP contribution in [0.5, 0.6) is 23.0 Å². The number of carbonyl (C=O) groups is 4. The van der Waals surface area contributed by atoms with Gasteiger partial charge >= 0.3 is 0 Å². The smallest absolute Gasteiger partial charge is 0.224 e. The van der Waals surface area contributed by atoms with Crippen molar-refractivity contribution in [3.05, 3.63) is 97.1 Å². The van der Waals surface area contributed by atoms with Gasteiger partial charge < -0.3 is 107 Å². The van der Waals surface area contributed by atoms with E-state index in [0.717, 1.165) is 96.3 Å². The minimum Gasteiger partial charge on any atom is -0.488 e. The number of amides is 4. The van der Waals surface area contributed by atoms with Crippen LogP contribution in [0.1, 0.15) is 213 Å². The van der Waals surface area contributed by atoms with Gasteiger partial charge in [0.15, 0.2) is 0 Å². The van der Waals surface area contributed by atoms with Crippen molar-refractivity contribution in [3.63, 3.8) is 0 Å². The number of nitrogens with one attached hydrogen (secondary N) is 4. The lowest BCUT2D eigenvalue weighted by atomic mass is 9.81. The Kier molecular flexibility index (Phi) is 38.4. The summed E-state index contributed by atoms with van der Waals surface area (Å²) in [6, 6.07) is 27.6. The molecule has 8 rings (SSSR count). The molecule has 19 atom stereocenters. The number of aliphatic hydroxyl groups excluding tert-OH is 13. The average molecular weight is 1500 g/mol. The Hall–Kier alpha value is -6.56. The molecule has 0 saturated heterocycles. The summed E-state index contributed by atoms with van der Waals surface area (Å²) in [5.41, 5.74) is 2.65. The second-order valence-electron chi connectivity index (χ2n) is 30.3. The normalized spacial score (nSPS) is 27.7. The highest BCUT2D eigenvalue weighted by Gasteiger charge is 2.46. The van der Waals surface area contributed by atoms with Crippen LogP contribution in [0, 0.1) is 23.7 Å². The summed E-state index contributed by atoms with van der Waals surface area (Å²) in [5, 5.41) is 142. The van der Waals surface area contributed by atoms with Gasteiger partial charge in [-0.25, -0.2) is 0 Å². The summed E-state index contributed by atoms with van der Waals surface area (Å²) in [7, 11) is 0. The van der Waals surface area contributed by atoms with E-state index in [1.54, 1.807) is 97.1 Å². The Balaban J connectivity index is 0.000000298. The van der Waals surface area contributed by atoms with Crippen molar-refractivity contribution in [1.82, 2.24) is 0 Å². The largest absolute Gasteiger partial charge is 0.488 e. The molecule has 8 unspecified atom stereocenters. The molecule has 0 spiro atoms. The molecule has 4 aromatic rings. The van der Waals surface area contributed by atoms with Crippen LogP contribution in [0.25, 0.3) is 0 Å². The lowest BCUT2D eigenvalue weighted by molar-refractivity contribution is -0.156. The molecule has 598 valence electrons. The van der Waals surface area contributed by atoms with Crippen molar-refractivity contribution in [2.75, 3.05) is 34.5 Å². The summed E-state index contributed by atoms with van der Waals surface area (Å²) in [6.07, 6.45) is 12.0. The maximum absolute atomic E-state index is 12.4. The second kappa shape index (κ2) is 46.8. The van der Waals surface area contributed by atoms with Crippen LogP contribution in [-0.4, -0.2) is 195 Å². The molecule has 4 aliphatic carbocycles. The summed E-state index contributed by atoms with van der Waals surface area (Å²) in [5.74, 6) is 0.801. The van der Waals surface area contributed by atoms with Gasteiger partial charge in [0.25, 0.3) is 0 Å². The maximum Gasteiger partial charge on any atom is 0.224 e. The van der Waals surface area contributed by atoms with Gasteiger partial charge in [-0.15, -0.1) is 0 Å². The van der Waals surface area contributed by atoms with E-state index >= 15 is 0 Å². The lowest BCUT2D eigenvalue weighted by Crippen LogP contribution is -2.56. The van der Waals surface area contributed by atoms with Crippen LogP contribution in [-0.2, 0) is 19.2 Å². The van der Waals surface area contributed by atoms with E-state index in [4.69, 9.17) is 18.9 Å². The minimum atomic E-state index is -1.40. The molecule has 17 N–H and O–H groups in total. The first-order chi connectivity index (χ1) is 51.5. The Morgan fingerprint density at radius 1 is 0.290 bits per heavy atom. The molecule has 4 amide bonds. The molecule has 0 aliphatic heterocycles. The first-order valence-corrected chi connectivity index (χ1v) is 39.5. The van der Waals surface area contributed by atoms with Crippen molar-refractivity contribution in [3.8, 4) is 23.0 Å². The molecule has 4 aromatic carbocycles. The fraction of sp³-hybridized carbons (Fsp3) is 0.659. The Morgan fingerprint density at radius 2 is 0.523 bits per heavy atom. The standard InChI is InChI=1S/C41H62N2O11.C41H62N2O10/c1-26-23-32(38(49)40(51)36(26)47)53-30-19-15-28(16-20-30)42-34(45)13-11-9-7-5-3-2-4-6-8-10-12-14-35(46)43-29-17-21-31(22-18-29)54-33-24-27(25-44)37(48)41(52)39(33)50;1-27-23-33(45)39(49)34(24-27)52-31-19-15-29(16-20-31)42-36(46)13-11-9-7-5-3-2-4-6-8-10-12-14-37(47)43-30-17-21-32(22-18-30)53-35-25-28(26-44)38(48)41(51)40(35)50/h15-22,26-27,32-33,36-41,44,47-52H,2-14,23-25H2,1H3,(H,42,45)(H,43,46);15-22,27-28,33-35,38-41,44-45,48-51H,2-14,23-26H2,1H3,(H,42,46)(H,43,47)/t26?,27?,32-,33-,36-,37-,38?,39?,40+,41+;27?,28?,33-,34+,35+,38-,39?,40?,41-/m10/s1. The third kappa shape index (κ3) is 30.0. The zero-order valence-electron chi connectivity index (χ0n) is 62.6. The molecule has 4 saturated carbocycles. The van der Waals surface area contributed by atoms with Gasteiger partial charge in [-0.1, -0.05) is 129 Å². The average Bonchev–Trinajstić information content (AvgIpc) is 0.831. The zero-order valence-corrected chi connectivity index (χ0v) is 62.6. The first kappa shape index (κ1) is 87.7. The first-order valence-electron chi connectivity index (χ1n) is 39.5. The van der Waals surface area contributed by atoms with Gasteiger partial charge in [-0.3, -0.25) is 19.2 Å². The SMILES string of the molecule is CC1C[C@@H](Oc2ccc(NC(=O)CCCCCCCCCCCCCC(=O)Nc3ccc(O[C@@H]4CC(CO)[C@@H](O)[C@H](O)C4O)cc3)cc2)C(O)[C@@H](O)[C@@H]1O.CC1C[C@H](O)C(O)[C@H](Oc2ccc(NC(=O)CCCCCCCCCCCCCC(=O)Nc3ccc(O[C@@H]4CC(CO)[C@H](O)[C@H](O)C4O)cc3)cc2)C1. The Bertz CT molecular complexity index is 3170. The molecule has 25 heteroatoms. The molecule has 4 fully saturated rings. The van der Waals surface area contributed by atoms with Crippen LogP contribution < -0.4 is 40.2 Å². The van der Waals surface area contributed by atoms with Gasteiger partial charge in [0.05, 0.1) is 24.4 Å². The number of carbonyl (C=O) groups excluding carboxylic acids is 4. The van der Waals surface area contributed by atoms with Crippen molar-refractivity contribution in [1.29, 1.82) is 0 Å². The zero-order chi connectivity index (χ0) is 77.2. The second-order valence-corrected chi connectivity index (χ2v) is 30.3. The molecular formula is C82H124N4O21. The predicted octanol–water partition coefficient (Wildman–Crippen LogP) is 9.12. The monoisotopic (exact) mass is 1500 g/mol. The molecular weight excluding hydrogens is 1380 g/mol. The summed E-state index contributed by atoms with van der Waals surface area (Å²) < 4.78 is 23.4. The summed E-state index contributed by atoms with van der Waals surface area (Å²) in [6.45, 7) is 3.21. The van der Waals surface area contributed by atoms with E-state index in [-0.39, 0.29) is 61.5 Å². The van der Waals surface area contributed by atoms with Gasteiger partial charge in [-0.05, 0) is 167 Å². The van der Waals surface area contributed by atoms with Crippen LogP contribution in [0.15, 0.2) is 97.1 Å². The minimum absolute atomic E-state index is 0.00306.